The molecule has 2 N–H and O–H groups in total. The Morgan fingerprint density at radius 3 is 2.53 bits per heavy atom. The zero-order valence-electron chi connectivity index (χ0n) is 7.55. The number of aromatic nitrogens is 1. The first-order valence-corrected chi connectivity index (χ1v) is 4.19. The van der Waals surface area contributed by atoms with Gasteiger partial charge in [0.2, 0.25) is 0 Å². The highest BCUT2D eigenvalue weighted by Gasteiger charge is 2.30. The summed E-state index contributed by atoms with van der Waals surface area (Å²) in [5.74, 6) is 0. The lowest BCUT2D eigenvalue weighted by Crippen LogP contribution is -2.04. The maximum Gasteiger partial charge on any atom is 0.416 e. The first-order chi connectivity index (χ1) is 6.98. The quantitative estimate of drug-likeness (QED) is 0.729. The van der Waals surface area contributed by atoms with E-state index in [-0.39, 0.29) is 5.69 Å². The molecule has 0 radical (unpaired) electrons. The van der Waals surface area contributed by atoms with Crippen LogP contribution in [0.5, 0.6) is 0 Å². The Hall–Kier alpha value is -1.78. The maximum absolute atomic E-state index is 12.4. The molecule has 78 valence electrons. The van der Waals surface area contributed by atoms with Crippen molar-refractivity contribution in [2.45, 2.75) is 6.18 Å². The van der Waals surface area contributed by atoms with Gasteiger partial charge in [-0.25, -0.2) is 0 Å². The molecule has 0 spiro atoms. The van der Waals surface area contributed by atoms with E-state index in [1.165, 1.54) is 18.5 Å². The van der Waals surface area contributed by atoms with Gasteiger partial charge in [-0.1, -0.05) is 6.07 Å². The number of rotatable bonds is 0. The van der Waals surface area contributed by atoms with E-state index in [2.05, 4.69) is 4.98 Å². The number of fused-ring (bicyclic) bond motifs is 1. The summed E-state index contributed by atoms with van der Waals surface area (Å²) in [6.45, 7) is 0. The fraction of sp³-hybridized carbons (Fsp3) is 0.100. The van der Waals surface area contributed by atoms with Crippen molar-refractivity contribution in [1.82, 2.24) is 4.98 Å². The molecule has 0 saturated carbocycles. The Morgan fingerprint density at radius 1 is 1.13 bits per heavy atom. The molecular weight excluding hydrogens is 205 g/mol. The van der Waals surface area contributed by atoms with Gasteiger partial charge in [-0.15, -0.1) is 0 Å². The van der Waals surface area contributed by atoms with Gasteiger partial charge in [-0.3, -0.25) is 4.98 Å². The standard InChI is InChI=1S/C10H7F3N2/c11-10(12,13)7-2-1-6-4-15-5-9(14)8(6)3-7/h1-5H,14H2. The lowest BCUT2D eigenvalue weighted by molar-refractivity contribution is -0.137. The van der Waals surface area contributed by atoms with E-state index in [4.69, 9.17) is 5.73 Å². The van der Waals surface area contributed by atoms with Crippen LogP contribution in [-0.2, 0) is 6.18 Å². The van der Waals surface area contributed by atoms with E-state index in [1.54, 1.807) is 0 Å². The Labute approximate surface area is 83.5 Å². The number of benzene rings is 1. The predicted molar refractivity (Wildman–Crippen MR) is 51.2 cm³/mol. The number of alkyl halides is 3. The van der Waals surface area contributed by atoms with Crippen LogP contribution in [0.15, 0.2) is 30.6 Å². The van der Waals surface area contributed by atoms with Crippen molar-refractivity contribution in [2.75, 3.05) is 5.73 Å². The largest absolute Gasteiger partial charge is 0.416 e. The monoisotopic (exact) mass is 212 g/mol. The Balaban J connectivity index is 2.70. The van der Waals surface area contributed by atoms with Crippen molar-refractivity contribution in [3.63, 3.8) is 0 Å². The van der Waals surface area contributed by atoms with Gasteiger partial charge < -0.3 is 5.73 Å². The number of nitrogens with two attached hydrogens (primary N) is 1. The molecule has 0 aliphatic carbocycles. The fourth-order valence-electron chi connectivity index (χ4n) is 1.36. The number of halogens is 3. The molecule has 1 heterocycles. The lowest BCUT2D eigenvalue weighted by atomic mass is 10.1. The molecule has 0 aliphatic rings. The first kappa shape index (κ1) is 9.76. The van der Waals surface area contributed by atoms with E-state index in [0.29, 0.717) is 10.8 Å². The van der Waals surface area contributed by atoms with Gasteiger partial charge in [-0.2, -0.15) is 13.2 Å². The maximum atomic E-state index is 12.4. The summed E-state index contributed by atoms with van der Waals surface area (Å²) in [4.78, 5) is 3.80. The Morgan fingerprint density at radius 2 is 1.87 bits per heavy atom. The molecule has 0 fully saturated rings. The van der Waals surface area contributed by atoms with Gasteiger partial charge >= 0.3 is 6.18 Å². The van der Waals surface area contributed by atoms with E-state index >= 15 is 0 Å². The normalized spacial score (nSPS) is 11.9. The van der Waals surface area contributed by atoms with Gasteiger partial charge in [0.15, 0.2) is 0 Å². The minimum Gasteiger partial charge on any atom is -0.397 e. The SMILES string of the molecule is Nc1cncc2ccc(C(F)(F)F)cc12. The molecule has 0 bridgehead atoms. The highest BCUT2D eigenvalue weighted by atomic mass is 19.4. The Kier molecular flexibility index (Phi) is 2.03. The fourth-order valence-corrected chi connectivity index (χ4v) is 1.36. The minimum atomic E-state index is -4.34. The number of pyridine rings is 1. The average molecular weight is 212 g/mol. The van der Waals surface area contributed by atoms with Gasteiger partial charge in [0.1, 0.15) is 0 Å². The molecule has 1 aromatic carbocycles. The molecule has 2 aromatic rings. The molecule has 15 heavy (non-hydrogen) atoms. The lowest BCUT2D eigenvalue weighted by Gasteiger charge is -2.08. The minimum absolute atomic E-state index is 0.249. The van der Waals surface area contributed by atoms with Crippen molar-refractivity contribution >= 4 is 16.5 Å². The summed E-state index contributed by atoms with van der Waals surface area (Å²) >= 11 is 0. The van der Waals surface area contributed by atoms with E-state index in [9.17, 15) is 13.2 Å². The summed E-state index contributed by atoms with van der Waals surface area (Å²) in [5.41, 5.74) is 5.09. The number of hydrogen-bond donors (Lipinski definition) is 1. The van der Waals surface area contributed by atoms with Crippen LogP contribution in [0, 0.1) is 0 Å². The molecule has 0 unspecified atom stereocenters. The van der Waals surface area contributed by atoms with Gasteiger partial charge in [-0.05, 0) is 12.1 Å². The molecule has 2 rings (SSSR count). The third-order valence-electron chi connectivity index (χ3n) is 2.12. The van der Waals surface area contributed by atoms with E-state index in [1.807, 2.05) is 0 Å². The topological polar surface area (TPSA) is 38.9 Å². The smallest absolute Gasteiger partial charge is 0.397 e. The molecule has 1 aromatic heterocycles. The van der Waals surface area contributed by atoms with Gasteiger partial charge in [0.25, 0.3) is 0 Å². The summed E-state index contributed by atoms with van der Waals surface area (Å²) in [7, 11) is 0. The third kappa shape index (κ3) is 1.72. The van der Waals surface area contributed by atoms with Crippen LogP contribution in [-0.4, -0.2) is 4.98 Å². The second-order valence-corrected chi connectivity index (χ2v) is 3.16. The highest BCUT2D eigenvalue weighted by Crippen LogP contribution is 2.32. The zero-order valence-corrected chi connectivity index (χ0v) is 7.55. The average Bonchev–Trinajstić information content (AvgIpc) is 2.16. The number of nitrogen functional groups attached to an aromatic ring is 1. The summed E-state index contributed by atoms with van der Waals surface area (Å²) in [6, 6.07) is 3.41. The van der Waals surface area contributed by atoms with Gasteiger partial charge in [0.05, 0.1) is 17.4 Å². The van der Waals surface area contributed by atoms with Crippen LogP contribution in [0.4, 0.5) is 18.9 Å². The third-order valence-corrected chi connectivity index (χ3v) is 2.12. The first-order valence-electron chi connectivity index (χ1n) is 4.19. The Bertz CT molecular complexity index is 505. The number of hydrogen-bond acceptors (Lipinski definition) is 2. The molecule has 0 aliphatic heterocycles. The molecular formula is C10H7F3N2. The second-order valence-electron chi connectivity index (χ2n) is 3.16. The van der Waals surface area contributed by atoms with Crippen molar-refractivity contribution in [1.29, 1.82) is 0 Å². The molecule has 0 amide bonds. The highest BCUT2D eigenvalue weighted by molar-refractivity contribution is 5.92. The van der Waals surface area contributed by atoms with Crippen LogP contribution in [0.25, 0.3) is 10.8 Å². The van der Waals surface area contributed by atoms with Crippen LogP contribution < -0.4 is 5.73 Å². The summed E-state index contributed by atoms with van der Waals surface area (Å²) in [6.07, 6.45) is -1.53. The second kappa shape index (κ2) is 3.12. The molecule has 2 nitrogen and oxygen atoms in total. The molecule has 0 atom stereocenters. The van der Waals surface area contributed by atoms with Crippen molar-refractivity contribution in [3.05, 3.63) is 36.2 Å². The molecule has 0 saturated heterocycles. The van der Waals surface area contributed by atoms with Crippen LogP contribution in [0.1, 0.15) is 5.56 Å². The van der Waals surface area contributed by atoms with E-state index in [0.717, 1.165) is 12.1 Å². The molecule has 5 heteroatoms. The van der Waals surface area contributed by atoms with Crippen molar-refractivity contribution < 1.29 is 13.2 Å². The predicted octanol–water partition coefficient (Wildman–Crippen LogP) is 2.84. The van der Waals surface area contributed by atoms with Crippen LogP contribution in [0.2, 0.25) is 0 Å². The number of nitrogens with zero attached hydrogens (tertiary/aromatic N) is 1. The summed E-state index contributed by atoms with van der Waals surface area (Å²) < 4.78 is 37.2. The van der Waals surface area contributed by atoms with E-state index < -0.39 is 11.7 Å². The summed E-state index contributed by atoms with van der Waals surface area (Å²) in [5, 5.41) is 0.975. The van der Waals surface area contributed by atoms with Crippen molar-refractivity contribution in [2.24, 2.45) is 0 Å². The van der Waals surface area contributed by atoms with Crippen LogP contribution in [0.3, 0.4) is 0 Å². The van der Waals surface area contributed by atoms with Crippen molar-refractivity contribution in [3.8, 4) is 0 Å². The van der Waals surface area contributed by atoms with Gasteiger partial charge in [0, 0.05) is 17.0 Å². The van der Waals surface area contributed by atoms with Crippen LogP contribution >= 0.6 is 0 Å². The number of anilines is 1. The zero-order chi connectivity index (χ0) is 11.1.